The molecule has 2 unspecified atom stereocenters. The number of carbonyl (C=O) groups is 3. The summed E-state index contributed by atoms with van der Waals surface area (Å²) in [7, 11) is 0. The van der Waals surface area contributed by atoms with Gasteiger partial charge in [-0.1, -0.05) is 49.9 Å². The van der Waals surface area contributed by atoms with Crippen LogP contribution in [0.25, 0.3) is 10.8 Å². The summed E-state index contributed by atoms with van der Waals surface area (Å²) in [5.74, 6) is -0.752. The topological polar surface area (TPSA) is 115 Å². The molecule has 2 aromatic rings. The Labute approximate surface area is 186 Å². The molecule has 1 aromatic carbocycles. The first-order valence-corrected chi connectivity index (χ1v) is 11.2. The Kier molecular flexibility index (Phi) is 6.96. The van der Waals surface area contributed by atoms with E-state index in [1.165, 1.54) is 5.01 Å². The van der Waals surface area contributed by atoms with Crippen molar-refractivity contribution in [2.45, 2.75) is 44.6 Å². The van der Waals surface area contributed by atoms with Gasteiger partial charge in [0.1, 0.15) is 6.04 Å². The molecule has 1 aliphatic carbocycles. The van der Waals surface area contributed by atoms with Crippen molar-refractivity contribution in [2.24, 2.45) is 11.8 Å². The van der Waals surface area contributed by atoms with Gasteiger partial charge in [0, 0.05) is 23.5 Å². The van der Waals surface area contributed by atoms with E-state index in [9.17, 15) is 19.6 Å². The first kappa shape index (κ1) is 22.2. The second-order valence-electron chi connectivity index (χ2n) is 8.63. The number of nitrogens with zero attached hydrogens (tertiary/aromatic N) is 3. The van der Waals surface area contributed by atoms with E-state index >= 15 is 0 Å². The van der Waals surface area contributed by atoms with Crippen molar-refractivity contribution in [1.29, 1.82) is 0 Å². The number of aromatic nitrogens is 1. The Bertz CT molecular complexity index is 973. The highest BCUT2D eigenvalue weighted by Crippen LogP contribution is 2.32. The summed E-state index contributed by atoms with van der Waals surface area (Å²) < 4.78 is 0. The molecular formula is C23H29N5O4. The largest absolute Gasteiger partial charge is 0.322 e. The van der Waals surface area contributed by atoms with Crippen LogP contribution in [0, 0.1) is 11.8 Å². The maximum absolute atomic E-state index is 13.4. The molecule has 2 fully saturated rings. The molecule has 4 rings (SSSR count). The Morgan fingerprint density at radius 3 is 2.81 bits per heavy atom. The monoisotopic (exact) mass is 439 g/mol. The number of anilines is 1. The maximum atomic E-state index is 13.4. The number of hydroxylamine groups is 2. The van der Waals surface area contributed by atoms with Crippen LogP contribution in [0.15, 0.2) is 36.7 Å². The lowest BCUT2D eigenvalue weighted by Gasteiger charge is -2.30. The average Bonchev–Trinajstić information content (AvgIpc) is 3.50. The number of hydrazine groups is 1. The molecule has 1 saturated heterocycles. The summed E-state index contributed by atoms with van der Waals surface area (Å²) in [6.45, 7) is 0.406. The van der Waals surface area contributed by atoms with Crippen LogP contribution in [0.3, 0.4) is 0 Å². The predicted octanol–water partition coefficient (Wildman–Crippen LogP) is 2.32. The zero-order valence-electron chi connectivity index (χ0n) is 17.9. The molecule has 3 amide bonds. The lowest BCUT2D eigenvalue weighted by molar-refractivity contribution is -0.159. The summed E-state index contributed by atoms with van der Waals surface area (Å²) in [5.41, 5.74) is 3.62. The van der Waals surface area contributed by atoms with Gasteiger partial charge in [0.25, 0.3) is 0 Å². The van der Waals surface area contributed by atoms with Crippen molar-refractivity contribution < 1.29 is 19.6 Å². The van der Waals surface area contributed by atoms with Gasteiger partial charge in [-0.05, 0) is 18.8 Å². The van der Waals surface area contributed by atoms with Crippen LogP contribution in [0.2, 0.25) is 0 Å². The van der Waals surface area contributed by atoms with Crippen molar-refractivity contribution in [3.63, 3.8) is 0 Å². The summed E-state index contributed by atoms with van der Waals surface area (Å²) >= 11 is 0. The summed E-state index contributed by atoms with van der Waals surface area (Å²) in [6, 6.07) is 6.95. The molecule has 9 nitrogen and oxygen atoms in total. The molecule has 1 aromatic heterocycles. The first-order valence-electron chi connectivity index (χ1n) is 11.2. The fourth-order valence-corrected chi connectivity index (χ4v) is 4.84. The van der Waals surface area contributed by atoms with Crippen LogP contribution >= 0.6 is 0 Å². The number of benzene rings is 1. The summed E-state index contributed by atoms with van der Waals surface area (Å²) in [5, 5.41) is 16.4. The maximum Gasteiger partial charge on any atom is 0.248 e. The third kappa shape index (κ3) is 4.89. The lowest BCUT2D eigenvalue weighted by atomic mass is 9.92. The normalized spacial score (nSPS) is 19.8. The lowest BCUT2D eigenvalue weighted by Crippen LogP contribution is -2.51. The standard InChI is InChI=1S/C23H29N5O4/c29-15-27(32)14-18(11-16-5-1-2-6-16)23(31)28-21(9-10-25-28)22(30)26-20-13-24-12-17-7-3-4-8-19(17)20/h3-4,7-8,12-13,15-16,18,21,25,32H,1-2,5-6,9-11,14H2,(H,26,30). The van der Waals surface area contributed by atoms with Gasteiger partial charge >= 0.3 is 0 Å². The fourth-order valence-electron chi connectivity index (χ4n) is 4.84. The van der Waals surface area contributed by atoms with Crippen molar-refractivity contribution in [1.82, 2.24) is 20.5 Å². The molecule has 2 atom stereocenters. The van der Waals surface area contributed by atoms with Gasteiger partial charge in [0.05, 0.1) is 24.3 Å². The molecule has 0 spiro atoms. The Balaban J connectivity index is 1.49. The number of hydrogen-bond acceptors (Lipinski definition) is 6. The zero-order chi connectivity index (χ0) is 22.5. The molecule has 170 valence electrons. The smallest absolute Gasteiger partial charge is 0.248 e. The number of hydrogen-bond donors (Lipinski definition) is 3. The van der Waals surface area contributed by atoms with Crippen LogP contribution in [0.1, 0.15) is 38.5 Å². The van der Waals surface area contributed by atoms with E-state index in [0.29, 0.717) is 42.5 Å². The van der Waals surface area contributed by atoms with E-state index in [0.717, 1.165) is 36.5 Å². The van der Waals surface area contributed by atoms with Gasteiger partial charge < -0.3 is 5.32 Å². The van der Waals surface area contributed by atoms with Crippen LogP contribution in [0.4, 0.5) is 5.69 Å². The summed E-state index contributed by atoms with van der Waals surface area (Å²) in [6.07, 6.45) is 9.06. The van der Waals surface area contributed by atoms with E-state index in [2.05, 4.69) is 15.7 Å². The zero-order valence-corrected chi connectivity index (χ0v) is 17.9. The third-order valence-electron chi connectivity index (χ3n) is 6.45. The van der Waals surface area contributed by atoms with Gasteiger partial charge in [0.15, 0.2) is 0 Å². The van der Waals surface area contributed by atoms with Gasteiger partial charge in [-0.3, -0.25) is 29.6 Å². The highest BCUT2D eigenvalue weighted by molar-refractivity contribution is 6.04. The van der Waals surface area contributed by atoms with Crippen LogP contribution in [0.5, 0.6) is 0 Å². The molecule has 2 aliphatic rings. The Hall–Kier alpha value is -3.04. The highest BCUT2D eigenvalue weighted by Gasteiger charge is 2.39. The van der Waals surface area contributed by atoms with Crippen LogP contribution in [-0.2, 0) is 14.4 Å². The molecule has 2 heterocycles. The summed E-state index contributed by atoms with van der Waals surface area (Å²) in [4.78, 5) is 41.7. The minimum atomic E-state index is -0.684. The quantitative estimate of drug-likeness (QED) is 0.330. The number of carbonyl (C=O) groups excluding carboxylic acids is 3. The number of nitrogens with one attached hydrogen (secondary N) is 2. The van der Waals surface area contributed by atoms with Crippen LogP contribution in [-0.4, -0.2) is 57.6 Å². The van der Waals surface area contributed by atoms with E-state index in [1.54, 1.807) is 12.4 Å². The van der Waals surface area contributed by atoms with Crippen molar-refractivity contribution in [3.8, 4) is 0 Å². The number of pyridine rings is 1. The third-order valence-corrected chi connectivity index (χ3v) is 6.45. The predicted molar refractivity (Wildman–Crippen MR) is 118 cm³/mol. The van der Waals surface area contributed by atoms with Gasteiger partial charge in [-0.15, -0.1) is 0 Å². The van der Waals surface area contributed by atoms with E-state index < -0.39 is 12.0 Å². The fraction of sp³-hybridized carbons (Fsp3) is 0.478. The van der Waals surface area contributed by atoms with E-state index in [-0.39, 0.29) is 18.4 Å². The number of amides is 3. The van der Waals surface area contributed by atoms with Gasteiger partial charge in [-0.2, -0.15) is 0 Å². The number of rotatable bonds is 8. The second kappa shape index (κ2) is 10.1. The van der Waals surface area contributed by atoms with Gasteiger partial charge in [0.2, 0.25) is 18.2 Å². The Morgan fingerprint density at radius 1 is 1.25 bits per heavy atom. The molecule has 0 radical (unpaired) electrons. The van der Waals surface area contributed by atoms with E-state index in [1.807, 2.05) is 24.3 Å². The average molecular weight is 440 g/mol. The first-order chi connectivity index (χ1) is 15.6. The molecule has 3 N–H and O–H groups in total. The highest BCUT2D eigenvalue weighted by atomic mass is 16.5. The minimum Gasteiger partial charge on any atom is -0.322 e. The van der Waals surface area contributed by atoms with Crippen molar-refractivity contribution >= 4 is 34.7 Å². The second-order valence-corrected chi connectivity index (χ2v) is 8.63. The van der Waals surface area contributed by atoms with Gasteiger partial charge in [-0.25, -0.2) is 10.5 Å². The molecule has 1 saturated carbocycles. The minimum absolute atomic E-state index is 0.0847. The molecule has 1 aliphatic heterocycles. The van der Waals surface area contributed by atoms with Crippen molar-refractivity contribution in [2.75, 3.05) is 18.4 Å². The molecule has 32 heavy (non-hydrogen) atoms. The molecular weight excluding hydrogens is 410 g/mol. The van der Waals surface area contributed by atoms with Crippen molar-refractivity contribution in [3.05, 3.63) is 36.7 Å². The van der Waals surface area contributed by atoms with Crippen LogP contribution < -0.4 is 10.7 Å². The molecule has 0 bridgehead atoms. The Morgan fingerprint density at radius 2 is 2.03 bits per heavy atom. The molecule has 9 heteroatoms. The number of fused-ring (bicyclic) bond motifs is 1. The van der Waals surface area contributed by atoms with E-state index in [4.69, 9.17) is 0 Å². The SMILES string of the molecule is O=CN(O)CC(CC1CCCC1)C(=O)N1NCCC1C(=O)Nc1cncc2ccccc12.